The number of carbonyl (C=O) groups excluding carboxylic acids is 1. The molecule has 40 heavy (non-hydrogen) atoms. The standard InChI is InChI=1S/C30H32N4O5S/c1-18-8-9-21(14-28(18)40(4,36)37)30(35)32-17-23-15-27-22(16-31-23)10-11-26(33-27)25-6-5-7-29(34-25)39-24-12-19(2)38-20(3)13-24/h5-11,14-16,19-20,24H,12-13,17H2,1-4H3,(H,32,35)/t19-,20+,24?. The van der Waals surface area contributed by atoms with Crippen molar-refractivity contribution < 1.29 is 22.7 Å². The molecular formula is C30H32N4O5S. The minimum atomic E-state index is -3.44. The first-order chi connectivity index (χ1) is 19.0. The number of hydrogen-bond acceptors (Lipinski definition) is 8. The number of sulfone groups is 1. The fourth-order valence-corrected chi connectivity index (χ4v) is 5.94. The normalized spacial score (nSPS) is 19.4. The minimum absolute atomic E-state index is 0.0489. The molecule has 3 atom stereocenters. The van der Waals surface area contributed by atoms with Gasteiger partial charge in [0.25, 0.3) is 5.91 Å². The fourth-order valence-electron chi connectivity index (χ4n) is 4.95. The van der Waals surface area contributed by atoms with Gasteiger partial charge in [0.2, 0.25) is 5.88 Å². The molecule has 3 aromatic heterocycles. The van der Waals surface area contributed by atoms with Crippen LogP contribution in [0.15, 0.2) is 65.7 Å². The first-order valence-electron chi connectivity index (χ1n) is 13.2. The van der Waals surface area contributed by atoms with Crippen LogP contribution in [-0.4, -0.2) is 53.8 Å². The molecule has 1 amide bonds. The third kappa shape index (κ3) is 6.46. The van der Waals surface area contributed by atoms with Crippen LogP contribution in [-0.2, 0) is 21.1 Å². The predicted molar refractivity (Wildman–Crippen MR) is 152 cm³/mol. The molecule has 208 valence electrons. The zero-order chi connectivity index (χ0) is 28.4. The highest BCUT2D eigenvalue weighted by Crippen LogP contribution is 2.26. The van der Waals surface area contributed by atoms with Crippen molar-refractivity contribution >= 4 is 26.6 Å². The topological polar surface area (TPSA) is 120 Å². The summed E-state index contributed by atoms with van der Waals surface area (Å²) in [5.41, 5.74) is 3.59. The Morgan fingerprint density at radius 2 is 1.77 bits per heavy atom. The summed E-state index contributed by atoms with van der Waals surface area (Å²) in [7, 11) is -3.44. The molecule has 1 aromatic carbocycles. The van der Waals surface area contributed by atoms with Gasteiger partial charge < -0.3 is 14.8 Å². The minimum Gasteiger partial charge on any atom is -0.474 e. The fraction of sp³-hybridized carbons (Fsp3) is 0.333. The van der Waals surface area contributed by atoms with Crippen LogP contribution in [0.4, 0.5) is 0 Å². The van der Waals surface area contributed by atoms with Crippen molar-refractivity contribution in [1.29, 1.82) is 0 Å². The van der Waals surface area contributed by atoms with Crippen LogP contribution in [0, 0.1) is 6.92 Å². The van der Waals surface area contributed by atoms with E-state index < -0.39 is 9.84 Å². The van der Waals surface area contributed by atoms with E-state index in [0.717, 1.165) is 24.5 Å². The summed E-state index contributed by atoms with van der Waals surface area (Å²) in [5.74, 6) is 0.168. The molecule has 4 aromatic rings. The Kier molecular flexibility index (Phi) is 7.82. The SMILES string of the molecule is Cc1ccc(C(=O)NCc2cc3nc(-c4cccc(OC5C[C@@H](C)O[C@@H](C)C5)n4)ccc3cn2)cc1S(C)(=O)=O. The van der Waals surface area contributed by atoms with Gasteiger partial charge in [-0.1, -0.05) is 12.1 Å². The zero-order valence-electron chi connectivity index (χ0n) is 22.9. The average Bonchev–Trinajstić information content (AvgIpc) is 2.90. The largest absolute Gasteiger partial charge is 0.474 e. The van der Waals surface area contributed by atoms with Crippen LogP contribution in [0.1, 0.15) is 48.3 Å². The Labute approximate surface area is 233 Å². The van der Waals surface area contributed by atoms with Crippen molar-refractivity contribution in [2.24, 2.45) is 0 Å². The number of aryl methyl sites for hydroxylation is 1. The van der Waals surface area contributed by atoms with Crippen LogP contribution in [0.3, 0.4) is 0 Å². The number of amides is 1. The molecule has 1 N–H and O–H groups in total. The van der Waals surface area contributed by atoms with E-state index in [1.54, 1.807) is 25.3 Å². The number of nitrogens with one attached hydrogen (secondary N) is 1. The first-order valence-corrected chi connectivity index (χ1v) is 15.1. The van der Waals surface area contributed by atoms with Gasteiger partial charge in [-0.25, -0.2) is 18.4 Å². The number of nitrogens with zero attached hydrogens (tertiary/aromatic N) is 3. The van der Waals surface area contributed by atoms with E-state index in [1.807, 2.05) is 36.4 Å². The first kappa shape index (κ1) is 27.7. The van der Waals surface area contributed by atoms with Gasteiger partial charge in [-0.15, -0.1) is 0 Å². The lowest BCUT2D eigenvalue weighted by Gasteiger charge is -2.31. The maximum atomic E-state index is 12.7. The molecule has 4 heterocycles. The summed E-state index contributed by atoms with van der Waals surface area (Å²) in [4.78, 5) is 26.8. The predicted octanol–water partition coefficient (Wildman–Crippen LogP) is 4.67. The Balaban J connectivity index is 1.31. The highest BCUT2D eigenvalue weighted by molar-refractivity contribution is 7.90. The van der Waals surface area contributed by atoms with Crippen LogP contribution in [0.25, 0.3) is 22.3 Å². The van der Waals surface area contributed by atoms with Gasteiger partial charge in [-0.3, -0.25) is 9.78 Å². The molecular weight excluding hydrogens is 528 g/mol. The smallest absolute Gasteiger partial charge is 0.251 e. The van der Waals surface area contributed by atoms with Gasteiger partial charge in [0.1, 0.15) is 6.10 Å². The summed E-state index contributed by atoms with van der Waals surface area (Å²) in [6.45, 7) is 5.97. The number of ether oxygens (including phenoxy) is 2. The third-order valence-electron chi connectivity index (χ3n) is 6.84. The Morgan fingerprint density at radius 3 is 2.52 bits per heavy atom. The zero-order valence-corrected chi connectivity index (χ0v) is 23.7. The van der Waals surface area contributed by atoms with Crippen LogP contribution < -0.4 is 10.1 Å². The third-order valence-corrected chi connectivity index (χ3v) is 8.08. The van der Waals surface area contributed by atoms with Crippen molar-refractivity contribution in [3.8, 4) is 17.3 Å². The van der Waals surface area contributed by atoms with E-state index in [1.165, 1.54) is 6.07 Å². The molecule has 0 aliphatic carbocycles. The number of fused-ring (bicyclic) bond motifs is 1. The average molecular weight is 561 g/mol. The van der Waals surface area contributed by atoms with Gasteiger partial charge in [-0.05, 0) is 62.7 Å². The van der Waals surface area contributed by atoms with Crippen molar-refractivity contribution in [2.45, 2.75) is 63.4 Å². The molecule has 1 aliphatic heterocycles. The molecule has 0 spiro atoms. The monoisotopic (exact) mass is 560 g/mol. The van der Waals surface area contributed by atoms with Gasteiger partial charge >= 0.3 is 0 Å². The number of pyridine rings is 3. The Bertz CT molecular complexity index is 1660. The molecule has 1 unspecified atom stereocenters. The van der Waals surface area contributed by atoms with Crippen LogP contribution in [0.2, 0.25) is 0 Å². The summed E-state index contributed by atoms with van der Waals surface area (Å²) in [6, 6.07) is 15.9. The van der Waals surface area contributed by atoms with Crippen molar-refractivity contribution in [1.82, 2.24) is 20.3 Å². The number of aromatic nitrogens is 3. The number of benzene rings is 1. The van der Waals surface area contributed by atoms with Crippen LogP contribution in [0.5, 0.6) is 5.88 Å². The highest BCUT2D eigenvalue weighted by Gasteiger charge is 2.26. The molecule has 0 saturated carbocycles. The van der Waals surface area contributed by atoms with E-state index in [2.05, 4.69) is 24.1 Å². The second-order valence-electron chi connectivity index (χ2n) is 10.3. The van der Waals surface area contributed by atoms with Gasteiger partial charge in [0.05, 0.1) is 46.2 Å². The lowest BCUT2D eigenvalue weighted by Crippen LogP contribution is -2.35. The number of hydrogen-bond donors (Lipinski definition) is 1. The molecule has 1 fully saturated rings. The molecule has 1 aliphatic rings. The summed E-state index contributed by atoms with van der Waals surface area (Å²) >= 11 is 0. The molecule has 1 saturated heterocycles. The summed E-state index contributed by atoms with van der Waals surface area (Å²) in [6.07, 6.45) is 4.82. The molecule has 5 rings (SSSR count). The quantitative estimate of drug-likeness (QED) is 0.346. The second-order valence-corrected chi connectivity index (χ2v) is 12.3. The number of carbonyl (C=O) groups is 1. The number of rotatable bonds is 7. The molecule has 0 bridgehead atoms. The summed E-state index contributed by atoms with van der Waals surface area (Å²) < 4.78 is 36.1. The lowest BCUT2D eigenvalue weighted by molar-refractivity contribution is -0.0729. The van der Waals surface area contributed by atoms with E-state index in [4.69, 9.17) is 19.4 Å². The van der Waals surface area contributed by atoms with Gasteiger partial charge in [0.15, 0.2) is 9.84 Å². The lowest BCUT2D eigenvalue weighted by atomic mass is 10.0. The Morgan fingerprint density at radius 1 is 1.02 bits per heavy atom. The van der Waals surface area contributed by atoms with E-state index >= 15 is 0 Å². The highest BCUT2D eigenvalue weighted by atomic mass is 32.2. The summed E-state index contributed by atoms with van der Waals surface area (Å²) in [5, 5.41) is 3.67. The Hall–Kier alpha value is -3.89. The maximum absolute atomic E-state index is 12.7. The molecule has 9 nitrogen and oxygen atoms in total. The van der Waals surface area contributed by atoms with E-state index in [9.17, 15) is 13.2 Å². The second kappa shape index (κ2) is 11.3. The van der Waals surface area contributed by atoms with E-state index in [0.29, 0.717) is 34.0 Å². The van der Waals surface area contributed by atoms with Crippen molar-refractivity contribution in [2.75, 3.05) is 6.26 Å². The van der Waals surface area contributed by atoms with Crippen molar-refractivity contribution in [3.63, 3.8) is 0 Å². The van der Waals surface area contributed by atoms with Crippen LogP contribution >= 0.6 is 0 Å². The van der Waals surface area contributed by atoms with E-state index in [-0.39, 0.29) is 41.2 Å². The van der Waals surface area contributed by atoms with Gasteiger partial charge in [-0.2, -0.15) is 0 Å². The van der Waals surface area contributed by atoms with Gasteiger partial charge in [0, 0.05) is 42.3 Å². The van der Waals surface area contributed by atoms with Crippen molar-refractivity contribution in [3.05, 3.63) is 77.6 Å². The molecule has 0 radical (unpaired) electrons. The maximum Gasteiger partial charge on any atom is 0.251 e. The molecule has 10 heteroatoms.